The maximum atomic E-state index is 12.1. The number of hydrogen-bond donors (Lipinski definition) is 2. The number of nitrogens with one attached hydrogen (secondary N) is 2. The molecule has 0 spiro atoms. The molecule has 1 amide bonds. The van der Waals surface area contributed by atoms with Gasteiger partial charge in [-0.2, -0.15) is 0 Å². The molecule has 22 heavy (non-hydrogen) atoms. The maximum Gasteiger partial charge on any atom is 0.253 e. The largest absolute Gasteiger partial charge is 0.382 e. The van der Waals surface area contributed by atoms with Crippen molar-refractivity contribution in [1.82, 2.24) is 20.2 Å². The summed E-state index contributed by atoms with van der Waals surface area (Å²) in [5.74, 6) is -0.138. The summed E-state index contributed by atoms with van der Waals surface area (Å²) >= 11 is 0. The molecule has 2 aromatic heterocycles. The van der Waals surface area contributed by atoms with Crippen LogP contribution in [0.25, 0.3) is 0 Å². The van der Waals surface area contributed by atoms with Crippen molar-refractivity contribution >= 4 is 11.6 Å². The molecule has 0 aliphatic heterocycles. The van der Waals surface area contributed by atoms with Gasteiger partial charge in [0.2, 0.25) is 0 Å². The summed E-state index contributed by atoms with van der Waals surface area (Å²) in [6, 6.07) is 5.56. The van der Waals surface area contributed by atoms with Crippen LogP contribution in [-0.2, 0) is 6.54 Å². The molecule has 6 nitrogen and oxygen atoms in total. The van der Waals surface area contributed by atoms with E-state index in [2.05, 4.69) is 25.5 Å². The number of anilines is 1. The number of aromatic nitrogens is 2. The number of rotatable bonds is 7. The fourth-order valence-electron chi connectivity index (χ4n) is 1.87. The van der Waals surface area contributed by atoms with E-state index in [1.54, 1.807) is 24.8 Å². The summed E-state index contributed by atoms with van der Waals surface area (Å²) < 4.78 is 0. The highest BCUT2D eigenvalue weighted by Gasteiger charge is 2.06. The van der Waals surface area contributed by atoms with Gasteiger partial charge in [0.15, 0.2) is 0 Å². The van der Waals surface area contributed by atoms with E-state index < -0.39 is 0 Å². The Bertz CT molecular complexity index is 600. The van der Waals surface area contributed by atoms with Gasteiger partial charge >= 0.3 is 0 Å². The third-order valence-electron chi connectivity index (χ3n) is 3.09. The summed E-state index contributed by atoms with van der Waals surface area (Å²) in [6.07, 6.45) is 6.70. The van der Waals surface area contributed by atoms with Crippen LogP contribution in [-0.4, -0.2) is 48.0 Å². The Morgan fingerprint density at radius 1 is 1.18 bits per heavy atom. The summed E-state index contributed by atoms with van der Waals surface area (Å²) in [6.45, 7) is 2.19. The zero-order valence-corrected chi connectivity index (χ0v) is 12.9. The van der Waals surface area contributed by atoms with Gasteiger partial charge in [-0.05, 0) is 37.9 Å². The van der Waals surface area contributed by atoms with E-state index in [0.29, 0.717) is 12.1 Å². The normalized spacial score (nSPS) is 10.5. The molecular formula is C16H21N5O. The topological polar surface area (TPSA) is 70.2 Å². The lowest BCUT2D eigenvalue weighted by Crippen LogP contribution is -2.23. The molecule has 0 saturated carbocycles. The lowest BCUT2D eigenvalue weighted by atomic mass is 10.2. The predicted octanol–water partition coefficient (Wildman–Crippen LogP) is 1.38. The van der Waals surface area contributed by atoms with Crippen molar-refractivity contribution in [2.75, 3.05) is 32.5 Å². The van der Waals surface area contributed by atoms with Crippen molar-refractivity contribution in [3.63, 3.8) is 0 Å². The van der Waals surface area contributed by atoms with Crippen LogP contribution in [0.15, 0.2) is 43.0 Å². The molecule has 2 rings (SSSR count). The van der Waals surface area contributed by atoms with Crippen LogP contribution in [0.1, 0.15) is 15.9 Å². The van der Waals surface area contributed by atoms with Gasteiger partial charge in [0.1, 0.15) is 0 Å². The lowest BCUT2D eigenvalue weighted by Gasteiger charge is -2.12. The highest BCUT2D eigenvalue weighted by Crippen LogP contribution is 2.08. The zero-order valence-electron chi connectivity index (χ0n) is 12.9. The first kappa shape index (κ1) is 15.9. The van der Waals surface area contributed by atoms with Gasteiger partial charge < -0.3 is 15.5 Å². The molecule has 0 saturated heterocycles. The highest BCUT2D eigenvalue weighted by atomic mass is 16.1. The minimum Gasteiger partial charge on any atom is -0.382 e. The van der Waals surface area contributed by atoms with Gasteiger partial charge in [-0.25, -0.2) is 0 Å². The molecule has 2 N–H and O–H groups in total. The molecule has 0 atom stereocenters. The number of carbonyl (C=O) groups is 1. The number of carbonyl (C=O) groups excluding carboxylic acids is 1. The highest BCUT2D eigenvalue weighted by molar-refractivity contribution is 5.94. The van der Waals surface area contributed by atoms with Crippen molar-refractivity contribution in [3.8, 4) is 0 Å². The fraction of sp³-hybridized carbons (Fsp3) is 0.312. The standard InChI is InChI=1S/C16H21N5O/c1-21(2)8-7-19-15-9-14(11-18-12-15)16(22)20-10-13-3-5-17-6-4-13/h3-6,9,11-12,19H,7-8,10H2,1-2H3,(H,20,22). The van der Waals surface area contributed by atoms with Gasteiger partial charge in [0.25, 0.3) is 5.91 Å². The SMILES string of the molecule is CN(C)CCNc1cncc(C(=O)NCc2ccncc2)c1. The third kappa shape index (κ3) is 5.14. The molecule has 0 fully saturated rings. The lowest BCUT2D eigenvalue weighted by molar-refractivity contribution is 0.0950. The van der Waals surface area contributed by atoms with Crippen molar-refractivity contribution in [3.05, 3.63) is 54.1 Å². The van der Waals surface area contributed by atoms with E-state index in [9.17, 15) is 4.79 Å². The van der Waals surface area contributed by atoms with Crippen molar-refractivity contribution in [2.45, 2.75) is 6.54 Å². The summed E-state index contributed by atoms with van der Waals surface area (Å²) in [5.41, 5.74) is 2.40. The van der Waals surface area contributed by atoms with Gasteiger partial charge in [0.05, 0.1) is 11.3 Å². The first-order valence-corrected chi connectivity index (χ1v) is 7.16. The Morgan fingerprint density at radius 3 is 2.68 bits per heavy atom. The van der Waals surface area contributed by atoms with Crippen LogP contribution < -0.4 is 10.6 Å². The van der Waals surface area contributed by atoms with Crippen molar-refractivity contribution < 1.29 is 4.79 Å². The molecule has 2 heterocycles. The second kappa shape index (κ2) is 8.09. The van der Waals surface area contributed by atoms with Crippen LogP contribution >= 0.6 is 0 Å². The van der Waals surface area contributed by atoms with Crippen LogP contribution in [0.2, 0.25) is 0 Å². The van der Waals surface area contributed by atoms with E-state index in [0.717, 1.165) is 24.3 Å². The van der Waals surface area contributed by atoms with E-state index in [1.807, 2.05) is 32.3 Å². The quantitative estimate of drug-likeness (QED) is 0.808. The third-order valence-corrected chi connectivity index (χ3v) is 3.09. The monoisotopic (exact) mass is 299 g/mol. The number of pyridine rings is 2. The molecular weight excluding hydrogens is 278 g/mol. The molecule has 0 unspecified atom stereocenters. The van der Waals surface area contributed by atoms with E-state index >= 15 is 0 Å². The zero-order chi connectivity index (χ0) is 15.8. The first-order valence-electron chi connectivity index (χ1n) is 7.16. The number of amides is 1. The van der Waals surface area contributed by atoms with Crippen molar-refractivity contribution in [2.24, 2.45) is 0 Å². The smallest absolute Gasteiger partial charge is 0.253 e. The second-order valence-corrected chi connectivity index (χ2v) is 5.23. The maximum absolute atomic E-state index is 12.1. The van der Waals surface area contributed by atoms with Crippen LogP contribution in [0.3, 0.4) is 0 Å². The molecule has 0 bridgehead atoms. The molecule has 6 heteroatoms. The Balaban J connectivity index is 1.89. The average Bonchev–Trinajstić information content (AvgIpc) is 2.53. The number of likely N-dealkylation sites (N-methyl/N-ethyl adjacent to an activating group) is 1. The summed E-state index contributed by atoms with van der Waals surface area (Å²) in [5, 5.41) is 6.13. The fourth-order valence-corrected chi connectivity index (χ4v) is 1.87. The Kier molecular flexibility index (Phi) is 5.85. The van der Waals surface area contributed by atoms with Gasteiger partial charge in [0, 0.05) is 44.4 Å². The number of nitrogens with zero attached hydrogens (tertiary/aromatic N) is 3. The number of hydrogen-bond acceptors (Lipinski definition) is 5. The van der Waals surface area contributed by atoms with Gasteiger partial charge in [-0.15, -0.1) is 0 Å². The molecule has 116 valence electrons. The van der Waals surface area contributed by atoms with E-state index in [4.69, 9.17) is 0 Å². The molecule has 0 radical (unpaired) electrons. The predicted molar refractivity (Wildman–Crippen MR) is 86.7 cm³/mol. The van der Waals surface area contributed by atoms with E-state index in [-0.39, 0.29) is 5.91 Å². The minimum atomic E-state index is -0.138. The van der Waals surface area contributed by atoms with Crippen LogP contribution in [0.4, 0.5) is 5.69 Å². The van der Waals surface area contributed by atoms with Crippen LogP contribution in [0.5, 0.6) is 0 Å². The Hall–Kier alpha value is -2.47. The minimum absolute atomic E-state index is 0.138. The Morgan fingerprint density at radius 2 is 1.95 bits per heavy atom. The first-order chi connectivity index (χ1) is 10.6. The summed E-state index contributed by atoms with van der Waals surface area (Å²) in [4.78, 5) is 22.3. The molecule has 0 aromatic carbocycles. The van der Waals surface area contributed by atoms with Gasteiger partial charge in [-0.1, -0.05) is 0 Å². The van der Waals surface area contributed by atoms with Crippen LogP contribution in [0, 0.1) is 0 Å². The summed E-state index contributed by atoms with van der Waals surface area (Å²) in [7, 11) is 4.03. The average molecular weight is 299 g/mol. The molecule has 2 aromatic rings. The molecule has 0 aliphatic carbocycles. The van der Waals surface area contributed by atoms with Gasteiger partial charge in [-0.3, -0.25) is 14.8 Å². The Labute approximate surface area is 130 Å². The molecule has 0 aliphatic rings. The van der Waals surface area contributed by atoms with E-state index in [1.165, 1.54) is 0 Å². The second-order valence-electron chi connectivity index (χ2n) is 5.23. The van der Waals surface area contributed by atoms with Crippen molar-refractivity contribution in [1.29, 1.82) is 0 Å².